The second-order valence-corrected chi connectivity index (χ2v) is 4.87. The number of nitrogens with one attached hydrogen (secondary N) is 1. The van der Waals surface area contributed by atoms with Gasteiger partial charge in [-0.2, -0.15) is 0 Å². The zero-order valence-electron chi connectivity index (χ0n) is 10.4. The molecular weight excluding hydrogens is 220 g/mol. The molecule has 1 aliphatic rings. The number of carboxylic acids is 1. The molecular formula is C12H22N2O3. The van der Waals surface area contributed by atoms with E-state index in [1.165, 1.54) is 0 Å². The maximum Gasteiger partial charge on any atom is 0.308 e. The van der Waals surface area contributed by atoms with E-state index in [0.29, 0.717) is 13.0 Å². The molecule has 0 radical (unpaired) electrons. The standard InChI is InChI=1S/C12H22N2O3/c1-2-4-9(10(15)16)7-14-11(17)12(8-13)5-3-6-12/h9H,2-8,13H2,1H3,(H,14,17)(H,15,16). The molecule has 0 bridgehead atoms. The Bertz CT molecular complexity index is 282. The van der Waals surface area contributed by atoms with Crippen molar-refractivity contribution in [2.24, 2.45) is 17.1 Å². The number of amides is 1. The summed E-state index contributed by atoms with van der Waals surface area (Å²) in [6, 6.07) is 0. The number of carboxylic acid groups (broad SMARTS) is 1. The number of rotatable bonds is 7. The first-order chi connectivity index (χ1) is 8.05. The summed E-state index contributed by atoms with van der Waals surface area (Å²) in [6.07, 6.45) is 4.06. The van der Waals surface area contributed by atoms with Gasteiger partial charge >= 0.3 is 5.97 Å². The monoisotopic (exact) mass is 242 g/mol. The Labute approximate surface area is 102 Å². The highest BCUT2D eigenvalue weighted by Crippen LogP contribution is 2.39. The molecule has 1 rings (SSSR count). The smallest absolute Gasteiger partial charge is 0.308 e. The van der Waals surface area contributed by atoms with Gasteiger partial charge in [0.1, 0.15) is 0 Å². The zero-order valence-corrected chi connectivity index (χ0v) is 10.4. The molecule has 1 atom stereocenters. The molecule has 0 spiro atoms. The van der Waals surface area contributed by atoms with E-state index in [4.69, 9.17) is 10.8 Å². The normalized spacial score (nSPS) is 19.2. The maximum absolute atomic E-state index is 11.9. The lowest BCUT2D eigenvalue weighted by Gasteiger charge is -2.39. The Morgan fingerprint density at radius 2 is 2.12 bits per heavy atom. The number of aliphatic carboxylic acids is 1. The Hall–Kier alpha value is -1.10. The third kappa shape index (κ3) is 3.19. The van der Waals surface area contributed by atoms with Crippen molar-refractivity contribution < 1.29 is 14.7 Å². The molecule has 0 heterocycles. The van der Waals surface area contributed by atoms with Crippen LogP contribution in [0.2, 0.25) is 0 Å². The number of nitrogens with two attached hydrogens (primary N) is 1. The average molecular weight is 242 g/mol. The van der Waals surface area contributed by atoms with Gasteiger partial charge in [-0.1, -0.05) is 19.8 Å². The van der Waals surface area contributed by atoms with Gasteiger partial charge in [0.15, 0.2) is 0 Å². The van der Waals surface area contributed by atoms with Gasteiger partial charge in [-0.25, -0.2) is 0 Å². The maximum atomic E-state index is 11.9. The molecule has 1 amide bonds. The second kappa shape index (κ2) is 6.00. The van der Waals surface area contributed by atoms with Crippen LogP contribution in [-0.2, 0) is 9.59 Å². The third-order valence-corrected chi connectivity index (χ3v) is 3.68. The van der Waals surface area contributed by atoms with Crippen LogP contribution in [0, 0.1) is 11.3 Å². The zero-order chi connectivity index (χ0) is 12.9. The van der Waals surface area contributed by atoms with Crippen molar-refractivity contribution in [3.05, 3.63) is 0 Å². The first-order valence-electron chi connectivity index (χ1n) is 6.27. The van der Waals surface area contributed by atoms with Crippen LogP contribution in [0.15, 0.2) is 0 Å². The van der Waals surface area contributed by atoms with Crippen molar-refractivity contribution in [2.45, 2.75) is 39.0 Å². The molecule has 98 valence electrons. The Morgan fingerprint density at radius 1 is 1.47 bits per heavy atom. The van der Waals surface area contributed by atoms with Crippen molar-refractivity contribution in [3.63, 3.8) is 0 Å². The molecule has 5 nitrogen and oxygen atoms in total. The van der Waals surface area contributed by atoms with E-state index >= 15 is 0 Å². The summed E-state index contributed by atoms with van der Waals surface area (Å²) < 4.78 is 0. The van der Waals surface area contributed by atoms with E-state index in [2.05, 4.69) is 5.32 Å². The van der Waals surface area contributed by atoms with Crippen LogP contribution in [0.4, 0.5) is 0 Å². The van der Waals surface area contributed by atoms with Crippen LogP contribution in [-0.4, -0.2) is 30.1 Å². The quantitative estimate of drug-likeness (QED) is 0.613. The molecule has 1 fully saturated rings. The molecule has 0 saturated heterocycles. The lowest BCUT2D eigenvalue weighted by atomic mass is 9.68. The van der Waals surface area contributed by atoms with Crippen molar-refractivity contribution >= 4 is 11.9 Å². The lowest BCUT2D eigenvalue weighted by molar-refractivity contribution is -0.142. The van der Waals surface area contributed by atoms with E-state index in [-0.39, 0.29) is 12.5 Å². The van der Waals surface area contributed by atoms with Gasteiger partial charge in [0, 0.05) is 13.1 Å². The van der Waals surface area contributed by atoms with Gasteiger partial charge in [-0.05, 0) is 19.3 Å². The number of carbonyl (C=O) groups is 2. The highest BCUT2D eigenvalue weighted by Gasteiger charge is 2.42. The summed E-state index contributed by atoms with van der Waals surface area (Å²) in [5, 5.41) is 11.7. The molecule has 0 aromatic heterocycles. The average Bonchev–Trinajstić information content (AvgIpc) is 2.23. The summed E-state index contributed by atoms with van der Waals surface area (Å²) in [5.41, 5.74) is 5.20. The Balaban J connectivity index is 2.43. The predicted molar refractivity (Wildman–Crippen MR) is 64.4 cm³/mol. The summed E-state index contributed by atoms with van der Waals surface area (Å²) in [5.74, 6) is -1.41. The second-order valence-electron chi connectivity index (χ2n) is 4.87. The van der Waals surface area contributed by atoms with Gasteiger partial charge < -0.3 is 16.2 Å². The molecule has 1 unspecified atom stereocenters. The van der Waals surface area contributed by atoms with Crippen molar-refractivity contribution in [1.82, 2.24) is 5.32 Å². The fourth-order valence-corrected chi connectivity index (χ4v) is 2.19. The fourth-order valence-electron chi connectivity index (χ4n) is 2.19. The van der Waals surface area contributed by atoms with Gasteiger partial charge in [-0.3, -0.25) is 9.59 Å². The predicted octanol–water partition coefficient (Wildman–Crippen LogP) is 0.733. The Kier molecular flexibility index (Phi) is 4.93. The number of carbonyl (C=O) groups excluding carboxylic acids is 1. The molecule has 1 aliphatic carbocycles. The van der Waals surface area contributed by atoms with Crippen molar-refractivity contribution in [2.75, 3.05) is 13.1 Å². The highest BCUT2D eigenvalue weighted by atomic mass is 16.4. The minimum Gasteiger partial charge on any atom is -0.481 e. The van der Waals surface area contributed by atoms with Gasteiger partial charge in [0.2, 0.25) is 5.91 Å². The largest absolute Gasteiger partial charge is 0.481 e. The molecule has 17 heavy (non-hydrogen) atoms. The van der Waals surface area contributed by atoms with E-state index in [9.17, 15) is 9.59 Å². The van der Waals surface area contributed by atoms with Crippen LogP contribution >= 0.6 is 0 Å². The summed E-state index contributed by atoms with van der Waals surface area (Å²) in [4.78, 5) is 22.9. The van der Waals surface area contributed by atoms with Crippen LogP contribution in [0.1, 0.15) is 39.0 Å². The van der Waals surface area contributed by atoms with E-state index in [1.54, 1.807) is 0 Å². The summed E-state index contributed by atoms with van der Waals surface area (Å²) in [7, 11) is 0. The fraction of sp³-hybridized carbons (Fsp3) is 0.833. The molecule has 1 saturated carbocycles. The van der Waals surface area contributed by atoms with Gasteiger partial charge in [-0.15, -0.1) is 0 Å². The molecule has 4 N–H and O–H groups in total. The van der Waals surface area contributed by atoms with Crippen molar-refractivity contribution in [1.29, 1.82) is 0 Å². The van der Waals surface area contributed by atoms with E-state index in [0.717, 1.165) is 25.7 Å². The van der Waals surface area contributed by atoms with E-state index in [1.807, 2.05) is 6.92 Å². The number of hydrogen-bond donors (Lipinski definition) is 3. The molecule has 5 heteroatoms. The minimum absolute atomic E-state index is 0.0754. The summed E-state index contributed by atoms with van der Waals surface area (Å²) in [6.45, 7) is 2.50. The first-order valence-corrected chi connectivity index (χ1v) is 6.27. The third-order valence-electron chi connectivity index (χ3n) is 3.68. The number of hydrogen-bond acceptors (Lipinski definition) is 3. The Morgan fingerprint density at radius 3 is 2.47 bits per heavy atom. The van der Waals surface area contributed by atoms with Gasteiger partial charge in [0.05, 0.1) is 11.3 Å². The topological polar surface area (TPSA) is 92.4 Å². The highest BCUT2D eigenvalue weighted by molar-refractivity contribution is 5.84. The minimum atomic E-state index is -0.845. The lowest BCUT2D eigenvalue weighted by Crippen LogP contribution is -2.51. The van der Waals surface area contributed by atoms with E-state index < -0.39 is 17.3 Å². The molecule has 0 aliphatic heterocycles. The van der Waals surface area contributed by atoms with Gasteiger partial charge in [0.25, 0.3) is 0 Å². The molecule has 0 aromatic carbocycles. The van der Waals surface area contributed by atoms with Crippen LogP contribution in [0.3, 0.4) is 0 Å². The molecule has 0 aromatic rings. The first kappa shape index (κ1) is 14.0. The van der Waals surface area contributed by atoms with Crippen LogP contribution < -0.4 is 11.1 Å². The van der Waals surface area contributed by atoms with Crippen molar-refractivity contribution in [3.8, 4) is 0 Å². The summed E-state index contributed by atoms with van der Waals surface area (Å²) >= 11 is 0. The van der Waals surface area contributed by atoms with Crippen LogP contribution in [0.25, 0.3) is 0 Å². The SMILES string of the molecule is CCCC(CNC(=O)C1(CN)CCC1)C(=O)O. The van der Waals surface area contributed by atoms with Crippen LogP contribution in [0.5, 0.6) is 0 Å².